The molecule has 20 heavy (non-hydrogen) atoms. The zero-order chi connectivity index (χ0) is 14.6. The molecule has 1 aromatic carbocycles. The van der Waals surface area contributed by atoms with Crippen LogP contribution in [0.3, 0.4) is 0 Å². The first-order valence-corrected chi connectivity index (χ1v) is 7.37. The smallest absolute Gasteiger partial charge is 0.161 e. The SMILES string of the molecule is CC(=O)c1ccc(NCC2(O)CCCCCC2)cc1N. The van der Waals surface area contributed by atoms with Gasteiger partial charge in [-0.05, 0) is 38.0 Å². The summed E-state index contributed by atoms with van der Waals surface area (Å²) in [6.45, 7) is 2.04. The zero-order valence-corrected chi connectivity index (χ0v) is 12.1. The van der Waals surface area contributed by atoms with Gasteiger partial charge in [0, 0.05) is 23.5 Å². The molecule has 1 aromatic rings. The molecule has 0 saturated heterocycles. The lowest BCUT2D eigenvalue weighted by Gasteiger charge is -2.27. The molecule has 0 bridgehead atoms. The van der Waals surface area contributed by atoms with Gasteiger partial charge in [0.2, 0.25) is 0 Å². The number of hydrogen-bond donors (Lipinski definition) is 3. The van der Waals surface area contributed by atoms with E-state index in [-0.39, 0.29) is 5.78 Å². The maximum atomic E-state index is 11.3. The van der Waals surface area contributed by atoms with Crippen molar-refractivity contribution in [2.45, 2.75) is 51.0 Å². The number of nitrogen functional groups attached to an aromatic ring is 1. The van der Waals surface area contributed by atoms with Gasteiger partial charge in [-0.15, -0.1) is 0 Å². The van der Waals surface area contributed by atoms with E-state index in [0.717, 1.165) is 31.4 Å². The van der Waals surface area contributed by atoms with Crippen LogP contribution in [0.25, 0.3) is 0 Å². The lowest BCUT2D eigenvalue weighted by atomic mass is 9.94. The number of nitrogens with one attached hydrogen (secondary N) is 1. The molecule has 1 aliphatic carbocycles. The lowest BCUT2D eigenvalue weighted by molar-refractivity contribution is 0.0381. The second-order valence-corrected chi connectivity index (χ2v) is 5.85. The molecule has 0 amide bonds. The van der Waals surface area contributed by atoms with Crippen LogP contribution >= 0.6 is 0 Å². The first-order valence-electron chi connectivity index (χ1n) is 7.37. The molecule has 0 radical (unpaired) electrons. The molecule has 2 rings (SSSR count). The highest BCUT2D eigenvalue weighted by Gasteiger charge is 2.27. The van der Waals surface area contributed by atoms with E-state index in [1.54, 1.807) is 12.1 Å². The molecule has 0 spiro atoms. The topological polar surface area (TPSA) is 75.3 Å². The van der Waals surface area contributed by atoms with Crippen molar-refractivity contribution >= 4 is 17.2 Å². The van der Waals surface area contributed by atoms with Crippen LogP contribution in [-0.4, -0.2) is 23.0 Å². The molecular formula is C16H24N2O2. The van der Waals surface area contributed by atoms with Crippen LogP contribution in [0.15, 0.2) is 18.2 Å². The van der Waals surface area contributed by atoms with Gasteiger partial charge in [0.05, 0.1) is 5.60 Å². The van der Waals surface area contributed by atoms with Crippen LogP contribution in [0.2, 0.25) is 0 Å². The van der Waals surface area contributed by atoms with Gasteiger partial charge in [0.15, 0.2) is 5.78 Å². The third kappa shape index (κ3) is 3.73. The van der Waals surface area contributed by atoms with Crippen molar-refractivity contribution in [1.82, 2.24) is 0 Å². The van der Waals surface area contributed by atoms with Crippen molar-refractivity contribution in [2.24, 2.45) is 0 Å². The van der Waals surface area contributed by atoms with E-state index in [4.69, 9.17) is 5.73 Å². The molecule has 110 valence electrons. The first kappa shape index (κ1) is 14.9. The second kappa shape index (κ2) is 6.27. The summed E-state index contributed by atoms with van der Waals surface area (Å²) in [6, 6.07) is 5.33. The maximum Gasteiger partial charge on any atom is 0.161 e. The Labute approximate surface area is 120 Å². The van der Waals surface area contributed by atoms with Gasteiger partial charge >= 0.3 is 0 Å². The highest BCUT2D eigenvalue weighted by atomic mass is 16.3. The van der Waals surface area contributed by atoms with E-state index < -0.39 is 5.60 Å². The standard InChI is InChI=1S/C16H24N2O2/c1-12(19)14-7-6-13(10-15(14)17)18-11-16(20)8-4-2-3-5-9-16/h6-7,10,18,20H,2-5,8-9,11,17H2,1H3. The molecular weight excluding hydrogens is 252 g/mol. The molecule has 0 heterocycles. The number of carbonyl (C=O) groups is 1. The fourth-order valence-corrected chi connectivity index (χ4v) is 2.82. The van der Waals surface area contributed by atoms with Gasteiger partial charge in [-0.2, -0.15) is 0 Å². The van der Waals surface area contributed by atoms with E-state index in [0.29, 0.717) is 17.8 Å². The third-order valence-electron chi connectivity index (χ3n) is 4.09. The number of nitrogens with two attached hydrogens (primary N) is 1. The molecule has 0 unspecified atom stereocenters. The number of Topliss-reactive ketones (excluding diaryl/α,β-unsaturated/α-hetero) is 1. The Kier molecular flexibility index (Phi) is 4.65. The second-order valence-electron chi connectivity index (χ2n) is 5.85. The Bertz CT molecular complexity index is 477. The van der Waals surface area contributed by atoms with Crippen LogP contribution in [0.4, 0.5) is 11.4 Å². The minimum atomic E-state index is -0.621. The number of carbonyl (C=O) groups excluding carboxylic acids is 1. The molecule has 1 aliphatic rings. The summed E-state index contributed by atoms with van der Waals surface area (Å²) >= 11 is 0. The minimum absolute atomic E-state index is 0.0311. The molecule has 0 atom stereocenters. The van der Waals surface area contributed by atoms with Gasteiger partial charge in [0.25, 0.3) is 0 Å². The van der Waals surface area contributed by atoms with Crippen LogP contribution in [0, 0.1) is 0 Å². The first-order chi connectivity index (χ1) is 9.50. The van der Waals surface area contributed by atoms with Crippen molar-refractivity contribution in [3.63, 3.8) is 0 Å². The van der Waals surface area contributed by atoms with Crippen molar-refractivity contribution < 1.29 is 9.90 Å². The number of hydrogen-bond acceptors (Lipinski definition) is 4. The highest BCUT2D eigenvalue weighted by molar-refractivity contribution is 5.99. The van der Waals surface area contributed by atoms with Crippen molar-refractivity contribution in [3.8, 4) is 0 Å². The molecule has 4 N–H and O–H groups in total. The fourth-order valence-electron chi connectivity index (χ4n) is 2.82. The molecule has 1 fully saturated rings. The van der Waals surface area contributed by atoms with Crippen LogP contribution in [0.5, 0.6) is 0 Å². The molecule has 1 saturated carbocycles. The minimum Gasteiger partial charge on any atom is -0.398 e. The van der Waals surface area contributed by atoms with E-state index in [2.05, 4.69) is 5.32 Å². The summed E-state index contributed by atoms with van der Waals surface area (Å²) in [5.74, 6) is -0.0311. The summed E-state index contributed by atoms with van der Waals surface area (Å²) in [6.07, 6.45) is 6.29. The van der Waals surface area contributed by atoms with Crippen LogP contribution in [0.1, 0.15) is 55.8 Å². The monoisotopic (exact) mass is 276 g/mol. The van der Waals surface area contributed by atoms with Crippen LogP contribution < -0.4 is 11.1 Å². The Morgan fingerprint density at radius 1 is 1.30 bits per heavy atom. The largest absolute Gasteiger partial charge is 0.398 e. The predicted octanol–water partition coefficient (Wildman–Crippen LogP) is 2.97. The quantitative estimate of drug-likeness (QED) is 0.449. The molecule has 4 heteroatoms. The molecule has 4 nitrogen and oxygen atoms in total. The summed E-state index contributed by atoms with van der Waals surface area (Å²) in [5.41, 5.74) is 7.12. The number of benzene rings is 1. The average molecular weight is 276 g/mol. The van der Waals surface area contributed by atoms with E-state index in [1.807, 2.05) is 6.07 Å². The van der Waals surface area contributed by atoms with Gasteiger partial charge in [-0.3, -0.25) is 4.79 Å². The van der Waals surface area contributed by atoms with Crippen molar-refractivity contribution in [1.29, 1.82) is 0 Å². The summed E-state index contributed by atoms with van der Waals surface area (Å²) in [7, 11) is 0. The Hall–Kier alpha value is -1.55. The van der Waals surface area contributed by atoms with Gasteiger partial charge in [-0.25, -0.2) is 0 Å². The number of rotatable bonds is 4. The summed E-state index contributed by atoms with van der Waals surface area (Å²) in [5, 5.41) is 13.8. The molecule has 0 aliphatic heterocycles. The van der Waals surface area contributed by atoms with E-state index in [1.165, 1.54) is 19.8 Å². The lowest BCUT2D eigenvalue weighted by Crippen LogP contribution is -2.36. The molecule has 0 aromatic heterocycles. The van der Waals surface area contributed by atoms with Crippen molar-refractivity contribution in [2.75, 3.05) is 17.6 Å². The van der Waals surface area contributed by atoms with Gasteiger partial charge < -0.3 is 16.2 Å². The zero-order valence-electron chi connectivity index (χ0n) is 12.1. The normalized spacial score (nSPS) is 18.3. The Morgan fingerprint density at radius 3 is 2.50 bits per heavy atom. The van der Waals surface area contributed by atoms with Gasteiger partial charge in [-0.1, -0.05) is 25.7 Å². The number of anilines is 2. The third-order valence-corrected chi connectivity index (χ3v) is 4.09. The van der Waals surface area contributed by atoms with Crippen LogP contribution in [-0.2, 0) is 0 Å². The Morgan fingerprint density at radius 2 is 1.95 bits per heavy atom. The predicted molar refractivity (Wildman–Crippen MR) is 82.0 cm³/mol. The van der Waals surface area contributed by atoms with E-state index >= 15 is 0 Å². The van der Waals surface area contributed by atoms with E-state index in [9.17, 15) is 9.90 Å². The highest BCUT2D eigenvalue weighted by Crippen LogP contribution is 2.28. The van der Waals surface area contributed by atoms with Gasteiger partial charge in [0.1, 0.15) is 0 Å². The number of ketones is 1. The summed E-state index contributed by atoms with van der Waals surface area (Å²) < 4.78 is 0. The van der Waals surface area contributed by atoms with Crippen molar-refractivity contribution in [3.05, 3.63) is 23.8 Å². The Balaban J connectivity index is 1.99. The number of aliphatic hydroxyl groups is 1. The maximum absolute atomic E-state index is 11.3. The average Bonchev–Trinajstić information content (AvgIpc) is 2.61. The fraction of sp³-hybridized carbons (Fsp3) is 0.562. The summed E-state index contributed by atoms with van der Waals surface area (Å²) in [4.78, 5) is 11.3.